The van der Waals surface area contributed by atoms with Crippen LogP contribution in [0.25, 0.3) is 10.9 Å². The first kappa shape index (κ1) is 29.2. The zero-order chi connectivity index (χ0) is 28.8. The summed E-state index contributed by atoms with van der Waals surface area (Å²) in [6.07, 6.45) is 5.35. The van der Waals surface area contributed by atoms with Gasteiger partial charge in [-0.15, -0.1) is 0 Å². The number of aromatic nitrogens is 1. The third-order valence-electron chi connectivity index (χ3n) is 10.4. The number of ether oxygens (including phenoxy) is 1. The molecule has 226 valence electrons. The lowest BCUT2D eigenvalue weighted by Crippen LogP contribution is -2.46. The minimum atomic E-state index is -4.34. The molecule has 4 heterocycles. The number of alkyl halides is 3. The first-order chi connectivity index (χ1) is 19.5. The van der Waals surface area contributed by atoms with E-state index in [9.17, 15) is 21.6 Å². The van der Waals surface area contributed by atoms with E-state index in [1.165, 1.54) is 12.1 Å². The number of likely N-dealkylation sites (tertiary alicyclic amines) is 1. The highest BCUT2D eigenvalue weighted by Gasteiger charge is 2.41. The Labute approximate surface area is 241 Å². The van der Waals surface area contributed by atoms with Gasteiger partial charge in [0.05, 0.1) is 17.1 Å². The Morgan fingerprint density at radius 2 is 1.88 bits per heavy atom. The quantitative estimate of drug-likeness (QED) is 0.463. The number of nitrogens with zero attached hydrogens (tertiary/aromatic N) is 2. The third-order valence-corrected chi connectivity index (χ3v) is 12.0. The van der Waals surface area contributed by atoms with E-state index in [2.05, 4.69) is 33.9 Å². The Kier molecular flexibility index (Phi) is 8.06. The lowest BCUT2D eigenvalue weighted by Gasteiger charge is -2.45. The van der Waals surface area contributed by atoms with Gasteiger partial charge < -0.3 is 14.6 Å². The molecule has 1 aliphatic carbocycles. The Hall–Kier alpha value is -1.88. The van der Waals surface area contributed by atoms with Gasteiger partial charge in [0, 0.05) is 56.0 Å². The lowest BCUT2D eigenvalue weighted by molar-refractivity contribution is -0.137. The number of allylic oxidation sites excluding steroid dienone is 1. The number of nitrogens with one attached hydrogen (secondary N) is 1. The number of benzene rings is 1. The van der Waals surface area contributed by atoms with Gasteiger partial charge in [-0.05, 0) is 92.1 Å². The molecule has 3 aliphatic heterocycles. The average Bonchev–Trinajstić information content (AvgIpc) is 3.31. The van der Waals surface area contributed by atoms with Crippen LogP contribution in [0.2, 0.25) is 0 Å². The molecule has 3 fully saturated rings. The molecule has 3 saturated heterocycles. The van der Waals surface area contributed by atoms with Gasteiger partial charge in [0.2, 0.25) is 0 Å². The Morgan fingerprint density at radius 1 is 1.12 bits per heavy atom. The highest BCUT2D eigenvalue weighted by Crippen LogP contribution is 2.47. The summed E-state index contributed by atoms with van der Waals surface area (Å²) >= 11 is 0. The van der Waals surface area contributed by atoms with Crippen molar-refractivity contribution in [2.24, 2.45) is 17.3 Å². The van der Waals surface area contributed by atoms with Crippen LogP contribution < -0.4 is 0 Å². The maximum atomic E-state index is 13.5. The fourth-order valence-electron chi connectivity index (χ4n) is 7.77. The van der Waals surface area contributed by atoms with E-state index in [0.29, 0.717) is 24.9 Å². The van der Waals surface area contributed by atoms with Crippen molar-refractivity contribution in [3.63, 3.8) is 0 Å². The summed E-state index contributed by atoms with van der Waals surface area (Å²) in [4.78, 5) is 8.26. The predicted molar refractivity (Wildman–Crippen MR) is 155 cm³/mol. The molecule has 2 aromatic rings. The van der Waals surface area contributed by atoms with E-state index in [0.717, 1.165) is 93.7 Å². The van der Waals surface area contributed by atoms with Crippen LogP contribution in [0.3, 0.4) is 0 Å². The van der Waals surface area contributed by atoms with E-state index in [1.807, 2.05) is 0 Å². The van der Waals surface area contributed by atoms with Crippen molar-refractivity contribution in [3.05, 3.63) is 47.2 Å². The van der Waals surface area contributed by atoms with Crippen molar-refractivity contribution in [2.75, 3.05) is 64.0 Å². The summed E-state index contributed by atoms with van der Waals surface area (Å²) in [5.41, 5.74) is 2.53. The first-order valence-electron chi connectivity index (χ1n) is 15.1. The van der Waals surface area contributed by atoms with Crippen molar-refractivity contribution < 1.29 is 26.3 Å². The SMILES string of the molecule is C[C@H]1c2c([nH]c3ccc(C(F)(F)F)cc23)C[C@H]2CCN(CCC3(C=CCN4CCS(=O)(=O)CC4)CCOCC3)C[C@@H]21. The molecule has 0 unspecified atom stereocenters. The molecular weight excluding hydrogens is 551 g/mol. The van der Waals surface area contributed by atoms with Gasteiger partial charge in [-0.1, -0.05) is 19.1 Å². The molecule has 0 bridgehead atoms. The molecule has 3 atom stereocenters. The maximum absolute atomic E-state index is 13.5. The van der Waals surface area contributed by atoms with Crippen LogP contribution in [-0.4, -0.2) is 87.2 Å². The van der Waals surface area contributed by atoms with Crippen molar-refractivity contribution in [1.82, 2.24) is 14.8 Å². The van der Waals surface area contributed by atoms with Gasteiger partial charge in [0.25, 0.3) is 0 Å². The van der Waals surface area contributed by atoms with Gasteiger partial charge in [-0.3, -0.25) is 4.90 Å². The molecule has 0 amide bonds. The van der Waals surface area contributed by atoms with Crippen molar-refractivity contribution in [1.29, 1.82) is 0 Å². The zero-order valence-corrected chi connectivity index (χ0v) is 24.7. The largest absolute Gasteiger partial charge is 0.416 e. The first-order valence-corrected chi connectivity index (χ1v) is 17.0. The lowest BCUT2D eigenvalue weighted by atomic mass is 9.68. The molecular formula is C31H42F3N3O3S. The number of H-pyrrole nitrogens is 1. The van der Waals surface area contributed by atoms with Gasteiger partial charge in [-0.2, -0.15) is 13.2 Å². The molecule has 0 spiro atoms. The molecule has 0 saturated carbocycles. The highest BCUT2D eigenvalue weighted by molar-refractivity contribution is 7.91. The summed E-state index contributed by atoms with van der Waals surface area (Å²) in [5.74, 6) is 1.68. The van der Waals surface area contributed by atoms with E-state index in [-0.39, 0.29) is 22.8 Å². The monoisotopic (exact) mass is 593 g/mol. The normalized spacial score (nSPS) is 29.0. The van der Waals surface area contributed by atoms with Crippen LogP contribution in [-0.2, 0) is 27.2 Å². The molecule has 6 nitrogen and oxygen atoms in total. The summed E-state index contributed by atoms with van der Waals surface area (Å²) in [7, 11) is -2.87. The summed E-state index contributed by atoms with van der Waals surface area (Å²) in [6.45, 7) is 8.76. The number of hydrogen-bond acceptors (Lipinski definition) is 5. The average molecular weight is 594 g/mol. The van der Waals surface area contributed by atoms with E-state index in [1.54, 1.807) is 6.07 Å². The summed E-state index contributed by atoms with van der Waals surface area (Å²) in [6, 6.07) is 4.11. The minimum Gasteiger partial charge on any atom is -0.381 e. The second kappa shape index (κ2) is 11.3. The Morgan fingerprint density at radius 3 is 2.61 bits per heavy atom. The Bertz CT molecular complexity index is 1370. The van der Waals surface area contributed by atoms with E-state index in [4.69, 9.17) is 4.74 Å². The van der Waals surface area contributed by atoms with Crippen LogP contribution in [0.5, 0.6) is 0 Å². The molecule has 0 radical (unpaired) electrons. The highest BCUT2D eigenvalue weighted by atomic mass is 32.2. The van der Waals surface area contributed by atoms with Crippen LogP contribution in [0, 0.1) is 17.3 Å². The van der Waals surface area contributed by atoms with E-state index < -0.39 is 21.6 Å². The predicted octanol–water partition coefficient (Wildman–Crippen LogP) is 5.26. The number of halogens is 3. The fraction of sp³-hybridized carbons (Fsp3) is 0.677. The van der Waals surface area contributed by atoms with Crippen molar-refractivity contribution >= 4 is 20.7 Å². The molecule has 6 rings (SSSR count). The number of rotatable bonds is 6. The zero-order valence-electron chi connectivity index (χ0n) is 23.9. The maximum Gasteiger partial charge on any atom is 0.416 e. The van der Waals surface area contributed by atoms with Gasteiger partial charge in [0.15, 0.2) is 9.84 Å². The number of piperidine rings is 1. The second-order valence-electron chi connectivity index (χ2n) is 12.9. The molecule has 10 heteroatoms. The number of sulfone groups is 1. The number of fused-ring (bicyclic) bond motifs is 4. The smallest absolute Gasteiger partial charge is 0.381 e. The summed E-state index contributed by atoms with van der Waals surface area (Å²) < 4.78 is 69.7. The fourth-order valence-corrected chi connectivity index (χ4v) is 9.05. The summed E-state index contributed by atoms with van der Waals surface area (Å²) in [5, 5.41) is 0.732. The Balaban J connectivity index is 1.12. The van der Waals surface area contributed by atoms with Crippen LogP contribution in [0.15, 0.2) is 30.4 Å². The number of aromatic amines is 1. The minimum absolute atomic E-state index is 0.0904. The second-order valence-corrected chi connectivity index (χ2v) is 15.2. The van der Waals surface area contributed by atoms with E-state index >= 15 is 0 Å². The standard InChI is InChI=1S/C31H42F3N3O3S/c1-22-26-21-37(11-5-23(26)19-28-29(22)25-20-24(31(32,33)34)3-4-27(25)35-28)12-7-30(8-15-40-16-9-30)6-2-10-36-13-17-41(38,39)18-14-36/h2-4,6,20,22-23,26,35H,5,7-19,21H2,1H3/t22-,23-,26-/m1/s1. The van der Waals surface area contributed by atoms with Crippen molar-refractivity contribution in [2.45, 2.75) is 51.1 Å². The van der Waals surface area contributed by atoms with Gasteiger partial charge in [0.1, 0.15) is 0 Å². The van der Waals surface area contributed by atoms with Crippen LogP contribution in [0.1, 0.15) is 55.3 Å². The van der Waals surface area contributed by atoms with Crippen molar-refractivity contribution in [3.8, 4) is 0 Å². The molecule has 1 aromatic heterocycles. The van der Waals surface area contributed by atoms with Crippen LogP contribution >= 0.6 is 0 Å². The molecule has 1 aromatic carbocycles. The molecule has 41 heavy (non-hydrogen) atoms. The van der Waals surface area contributed by atoms with Gasteiger partial charge in [-0.25, -0.2) is 8.42 Å². The topological polar surface area (TPSA) is 65.6 Å². The molecule has 1 N–H and O–H groups in total. The van der Waals surface area contributed by atoms with Gasteiger partial charge >= 0.3 is 6.18 Å². The van der Waals surface area contributed by atoms with Crippen LogP contribution in [0.4, 0.5) is 13.2 Å². The third kappa shape index (κ3) is 6.26. The molecule has 4 aliphatic rings. The number of hydrogen-bond donors (Lipinski definition) is 1.